The number of nitrogens with two attached hydrogens (primary N) is 1. The molecule has 6 heteroatoms. The van der Waals surface area contributed by atoms with E-state index in [1.807, 2.05) is 24.0 Å². The maximum atomic E-state index is 12.3. The fourth-order valence-corrected chi connectivity index (χ4v) is 2.53. The zero-order chi connectivity index (χ0) is 15.4. The molecule has 0 aromatic carbocycles. The second-order valence-corrected chi connectivity index (χ2v) is 5.99. The molecular formula is C15H23ClN4O. The van der Waals surface area contributed by atoms with Crippen molar-refractivity contribution in [2.24, 2.45) is 11.7 Å². The molecule has 1 saturated heterocycles. The number of halogens is 1. The van der Waals surface area contributed by atoms with Gasteiger partial charge in [-0.15, -0.1) is 0 Å². The number of carbonyl (C=O) groups is 1. The molecule has 1 amide bonds. The monoisotopic (exact) mass is 310 g/mol. The number of hydrogen-bond acceptors (Lipinski definition) is 4. The molecule has 2 N–H and O–H groups in total. The Morgan fingerprint density at radius 2 is 2.05 bits per heavy atom. The van der Waals surface area contributed by atoms with Crippen molar-refractivity contribution in [3.63, 3.8) is 0 Å². The van der Waals surface area contributed by atoms with E-state index in [2.05, 4.69) is 16.8 Å². The lowest BCUT2D eigenvalue weighted by molar-refractivity contribution is -0.134. The summed E-state index contributed by atoms with van der Waals surface area (Å²) in [6, 6.07) is 3.35. The molecule has 1 fully saturated rings. The second kappa shape index (κ2) is 7.09. The van der Waals surface area contributed by atoms with Crippen molar-refractivity contribution in [2.75, 3.05) is 31.1 Å². The number of nitrogens with zero attached hydrogens (tertiary/aromatic N) is 3. The lowest BCUT2D eigenvalue weighted by atomic mass is 9.98. The van der Waals surface area contributed by atoms with Crippen LogP contribution in [0.15, 0.2) is 18.3 Å². The highest BCUT2D eigenvalue weighted by molar-refractivity contribution is 6.30. The van der Waals surface area contributed by atoms with Gasteiger partial charge in [0.1, 0.15) is 5.82 Å². The molecule has 21 heavy (non-hydrogen) atoms. The first-order chi connectivity index (χ1) is 10.0. The van der Waals surface area contributed by atoms with E-state index in [0.29, 0.717) is 18.1 Å². The van der Waals surface area contributed by atoms with Crippen LogP contribution in [0.3, 0.4) is 0 Å². The summed E-state index contributed by atoms with van der Waals surface area (Å²) in [5, 5.41) is 0.632. The Kier molecular flexibility index (Phi) is 5.42. The minimum absolute atomic E-state index is 0.0630. The number of amides is 1. The van der Waals surface area contributed by atoms with Crippen LogP contribution in [0.4, 0.5) is 5.82 Å². The third-order valence-corrected chi connectivity index (χ3v) is 4.39. The highest BCUT2D eigenvalue weighted by atomic mass is 35.5. The van der Waals surface area contributed by atoms with Gasteiger partial charge in [0.2, 0.25) is 5.91 Å². The fourth-order valence-electron chi connectivity index (χ4n) is 2.42. The van der Waals surface area contributed by atoms with Crippen LogP contribution in [0.5, 0.6) is 0 Å². The maximum Gasteiger partial charge on any atom is 0.239 e. The molecule has 2 heterocycles. The quantitative estimate of drug-likeness (QED) is 0.920. The molecule has 1 aromatic heterocycles. The van der Waals surface area contributed by atoms with E-state index in [-0.39, 0.29) is 11.8 Å². The molecule has 2 atom stereocenters. The van der Waals surface area contributed by atoms with Crippen molar-refractivity contribution in [3.8, 4) is 0 Å². The lowest BCUT2D eigenvalue weighted by Gasteiger charge is -2.37. The van der Waals surface area contributed by atoms with E-state index in [4.69, 9.17) is 17.3 Å². The molecule has 116 valence electrons. The van der Waals surface area contributed by atoms with Gasteiger partial charge in [0, 0.05) is 32.4 Å². The zero-order valence-electron chi connectivity index (χ0n) is 12.6. The number of anilines is 1. The first kappa shape index (κ1) is 16.0. The van der Waals surface area contributed by atoms with E-state index < -0.39 is 6.04 Å². The van der Waals surface area contributed by atoms with Gasteiger partial charge in [0.25, 0.3) is 0 Å². The Labute approximate surface area is 131 Å². The van der Waals surface area contributed by atoms with Crippen LogP contribution in [0.2, 0.25) is 5.02 Å². The molecule has 5 nitrogen and oxygen atoms in total. The summed E-state index contributed by atoms with van der Waals surface area (Å²) in [4.78, 5) is 20.7. The Morgan fingerprint density at radius 1 is 1.38 bits per heavy atom. The summed E-state index contributed by atoms with van der Waals surface area (Å²) < 4.78 is 0. The molecule has 0 radical (unpaired) electrons. The van der Waals surface area contributed by atoms with Crippen molar-refractivity contribution in [1.29, 1.82) is 0 Å². The van der Waals surface area contributed by atoms with Gasteiger partial charge in [0.15, 0.2) is 0 Å². The minimum atomic E-state index is -0.393. The average molecular weight is 311 g/mol. The standard InChI is InChI=1S/C15H23ClN4O/c1-3-11(2)14(17)15(21)20-8-6-19(7-9-20)13-5-4-12(16)10-18-13/h4-5,10-11,14H,3,6-9,17H2,1-2H3. The molecule has 0 spiro atoms. The van der Waals surface area contributed by atoms with Crippen molar-refractivity contribution in [3.05, 3.63) is 23.4 Å². The highest BCUT2D eigenvalue weighted by Gasteiger charge is 2.28. The summed E-state index contributed by atoms with van der Waals surface area (Å²) in [7, 11) is 0. The third kappa shape index (κ3) is 3.86. The number of rotatable bonds is 4. The smallest absolute Gasteiger partial charge is 0.239 e. The molecular weight excluding hydrogens is 288 g/mol. The zero-order valence-corrected chi connectivity index (χ0v) is 13.4. The number of carbonyl (C=O) groups excluding carboxylic acids is 1. The maximum absolute atomic E-state index is 12.3. The SMILES string of the molecule is CCC(C)C(N)C(=O)N1CCN(c2ccc(Cl)cn2)CC1. The largest absolute Gasteiger partial charge is 0.353 e. The van der Waals surface area contributed by atoms with Crippen LogP contribution in [0.1, 0.15) is 20.3 Å². The van der Waals surface area contributed by atoms with Crippen molar-refractivity contribution < 1.29 is 4.79 Å². The normalized spacial score (nSPS) is 18.5. The van der Waals surface area contributed by atoms with E-state index in [9.17, 15) is 4.79 Å². The van der Waals surface area contributed by atoms with E-state index in [1.54, 1.807) is 6.20 Å². The van der Waals surface area contributed by atoms with Gasteiger partial charge in [-0.05, 0) is 18.1 Å². The van der Waals surface area contributed by atoms with E-state index in [1.165, 1.54) is 0 Å². The van der Waals surface area contributed by atoms with Crippen LogP contribution in [-0.2, 0) is 4.79 Å². The number of hydrogen-bond donors (Lipinski definition) is 1. The summed E-state index contributed by atoms with van der Waals surface area (Å²) >= 11 is 5.85. The van der Waals surface area contributed by atoms with E-state index >= 15 is 0 Å². The second-order valence-electron chi connectivity index (χ2n) is 5.56. The number of piperazine rings is 1. The fraction of sp³-hybridized carbons (Fsp3) is 0.600. The average Bonchev–Trinajstić information content (AvgIpc) is 2.53. The lowest BCUT2D eigenvalue weighted by Crippen LogP contribution is -2.54. The van der Waals surface area contributed by atoms with Gasteiger partial charge in [-0.25, -0.2) is 4.98 Å². The molecule has 0 bridgehead atoms. The van der Waals surface area contributed by atoms with E-state index in [0.717, 1.165) is 25.3 Å². The summed E-state index contributed by atoms with van der Waals surface area (Å²) in [6.07, 6.45) is 2.56. The predicted octanol–water partition coefficient (Wildman–Crippen LogP) is 1.76. The highest BCUT2D eigenvalue weighted by Crippen LogP contribution is 2.17. The van der Waals surface area contributed by atoms with Gasteiger partial charge in [-0.2, -0.15) is 0 Å². The van der Waals surface area contributed by atoms with Crippen LogP contribution in [0.25, 0.3) is 0 Å². The Hall–Kier alpha value is -1.33. The summed E-state index contributed by atoms with van der Waals surface area (Å²) in [5.74, 6) is 1.18. The van der Waals surface area contributed by atoms with Crippen molar-refractivity contribution in [2.45, 2.75) is 26.3 Å². The first-order valence-electron chi connectivity index (χ1n) is 7.43. The van der Waals surface area contributed by atoms with Crippen molar-refractivity contribution >= 4 is 23.3 Å². The number of pyridine rings is 1. The summed E-state index contributed by atoms with van der Waals surface area (Å²) in [6.45, 7) is 7.00. The van der Waals surface area contributed by atoms with Gasteiger partial charge < -0.3 is 15.5 Å². The Morgan fingerprint density at radius 3 is 2.57 bits per heavy atom. The molecule has 0 saturated carbocycles. The summed E-state index contributed by atoms with van der Waals surface area (Å²) in [5.41, 5.74) is 6.03. The molecule has 1 aliphatic rings. The predicted molar refractivity (Wildman–Crippen MR) is 85.5 cm³/mol. The molecule has 1 aliphatic heterocycles. The Bertz CT molecular complexity index is 471. The van der Waals surface area contributed by atoms with Crippen molar-refractivity contribution in [1.82, 2.24) is 9.88 Å². The minimum Gasteiger partial charge on any atom is -0.353 e. The Balaban J connectivity index is 1.91. The number of aromatic nitrogens is 1. The molecule has 2 unspecified atom stereocenters. The van der Waals surface area contributed by atoms with Crippen LogP contribution < -0.4 is 10.6 Å². The molecule has 2 rings (SSSR count). The van der Waals surface area contributed by atoms with Gasteiger partial charge in [-0.1, -0.05) is 31.9 Å². The van der Waals surface area contributed by atoms with Crippen LogP contribution >= 0.6 is 11.6 Å². The van der Waals surface area contributed by atoms with Gasteiger partial charge >= 0.3 is 0 Å². The van der Waals surface area contributed by atoms with Gasteiger partial charge in [-0.3, -0.25) is 4.79 Å². The topological polar surface area (TPSA) is 62.5 Å². The molecule has 0 aliphatic carbocycles. The van der Waals surface area contributed by atoms with Gasteiger partial charge in [0.05, 0.1) is 11.1 Å². The van der Waals surface area contributed by atoms with Crippen LogP contribution in [-0.4, -0.2) is 48.0 Å². The molecule has 1 aromatic rings. The third-order valence-electron chi connectivity index (χ3n) is 4.17. The first-order valence-corrected chi connectivity index (χ1v) is 7.81. The van der Waals surface area contributed by atoms with Crippen LogP contribution in [0, 0.1) is 5.92 Å².